The van der Waals surface area contributed by atoms with E-state index in [2.05, 4.69) is 168 Å². The topological polar surface area (TPSA) is 31.0 Å². The summed E-state index contributed by atoms with van der Waals surface area (Å²) in [6, 6.07) is 58.2. The third-order valence-corrected chi connectivity index (χ3v) is 10.7. The van der Waals surface area contributed by atoms with Gasteiger partial charge in [-0.25, -0.2) is 4.98 Å². The van der Waals surface area contributed by atoms with E-state index in [1.54, 1.807) is 0 Å². The second-order valence-electron chi connectivity index (χ2n) is 12.4. The van der Waals surface area contributed by atoms with Crippen molar-refractivity contribution in [2.45, 2.75) is 0 Å². The number of imidazole rings is 1. The zero-order chi connectivity index (χ0) is 32.3. The molecule has 0 spiro atoms. The van der Waals surface area contributed by atoms with Crippen LogP contribution in [0.4, 0.5) is 0 Å². The number of rotatable bonds is 5. The number of hydrogen-bond donors (Lipinski definition) is 0. The lowest BCUT2D eigenvalue weighted by atomic mass is 9.95. The molecule has 0 saturated carbocycles. The van der Waals surface area contributed by atoms with Crippen LogP contribution in [0.1, 0.15) is 0 Å². The van der Waals surface area contributed by atoms with Crippen LogP contribution in [0.5, 0.6) is 0 Å². The van der Waals surface area contributed by atoms with Crippen LogP contribution in [0, 0.1) is 0 Å². The zero-order valence-electron chi connectivity index (χ0n) is 26.4. The molecule has 0 aliphatic rings. The molecule has 0 atom stereocenters. The molecule has 3 nitrogen and oxygen atoms in total. The van der Waals surface area contributed by atoms with Gasteiger partial charge in [0.05, 0.1) is 22.3 Å². The van der Waals surface area contributed by atoms with Gasteiger partial charge in [-0.15, -0.1) is 11.3 Å². The number of fused-ring (bicyclic) bond motifs is 5. The minimum Gasteiger partial charge on any atom is -0.464 e. The molecule has 0 amide bonds. The van der Waals surface area contributed by atoms with E-state index in [0.29, 0.717) is 0 Å². The molecular formula is C45H28N2OS. The van der Waals surface area contributed by atoms with Crippen LogP contribution in [0.25, 0.3) is 92.6 Å². The molecule has 0 unspecified atom stereocenters. The molecule has 7 aromatic carbocycles. The number of benzene rings is 7. The Kier molecular flexibility index (Phi) is 6.36. The van der Waals surface area contributed by atoms with Gasteiger partial charge < -0.3 is 4.42 Å². The SMILES string of the molecule is c1ccc(-c2cccc(-c3ccccc3)c2-n2c(-c3coc4ccc(-c5ccc6sc7ccccc7c6c5)cc34)nc3ccccc32)cc1. The average molecular weight is 645 g/mol. The van der Waals surface area contributed by atoms with Gasteiger partial charge in [-0.3, -0.25) is 4.57 Å². The number of nitrogens with zero attached hydrogens (tertiary/aromatic N) is 2. The Labute approximate surface area is 287 Å². The van der Waals surface area contributed by atoms with Crippen LogP contribution in [0.15, 0.2) is 174 Å². The Bertz CT molecular complexity index is 2770. The van der Waals surface area contributed by atoms with Crippen molar-refractivity contribution in [1.29, 1.82) is 0 Å². The van der Waals surface area contributed by atoms with E-state index in [1.807, 2.05) is 17.6 Å². The number of hydrogen-bond acceptors (Lipinski definition) is 3. The number of aromatic nitrogens is 2. The maximum atomic E-state index is 6.27. The van der Waals surface area contributed by atoms with Gasteiger partial charge in [0.15, 0.2) is 0 Å². The Balaban J connectivity index is 1.23. The van der Waals surface area contributed by atoms with Crippen molar-refractivity contribution in [1.82, 2.24) is 9.55 Å². The van der Waals surface area contributed by atoms with Crippen LogP contribution in [-0.4, -0.2) is 9.55 Å². The molecule has 10 rings (SSSR count). The standard InChI is InChI=1S/C45H28N2OS/c1-3-12-29(13-4-1)33-17-11-18-34(30-14-5-2-6-15-30)44(33)47-40-20-9-8-19-39(40)46-45(47)38-28-48-41-24-22-31(26-36(38)41)32-23-25-43-37(27-32)35-16-7-10-21-42(35)49-43/h1-28H. The highest BCUT2D eigenvalue weighted by Crippen LogP contribution is 2.43. The summed E-state index contributed by atoms with van der Waals surface area (Å²) >= 11 is 1.84. The molecular weight excluding hydrogens is 617 g/mol. The van der Waals surface area contributed by atoms with Crippen molar-refractivity contribution in [3.05, 3.63) is 170 Å². The van der Waals surface area contributed by atoms with Crippen molar-refractivity contribution in [3.8, 4) is 50.5 Å². The van der Waals surface area contributed by atoms with Gasteiger partial charge in [-0.2, -0.15) is 0 Å². The van der Waals surface area contributed by atoms with Gasteiger partial charge in [-0.05, 0) is 64.7 Å². The predicted octanol–water partition coefficient (Wildman–Crippen LogP) is 12.8. The first-order chi connectivity index (χ1) is 24.3. The Morgan fingerprint density at radius 3 is 1.88 bits per heavy atom. The van der Waals surface area contributed by atoms with Crippen molar-refractivity contribution in [2.24, 2.45) is 0 Å². The van der Waals surface area contributed by atoms with E-state index in [9.17, 15) is 0 Å². The second-order valence-corrected chi connectivity index (χ2v) is 13.4. The Morgan fingerprint density at radius 1 is 0.469 bits per heavy atom. The minimum absolute atomic E-state index is 0.832. The molecule has 0 radical (unpaired) electrons. The second kappa shape index (κ2) is 11.2. The highest BCUT2D eigenvalue weighted by atomic mass is 32.1. The highest BCUT2D eigenvalue weighted by molar-refractivity contribution is 7.25. The van der Waals surface area contributed by atoms with Crippen molar-refractivity contribution in [2.75, 3.05) is 0 Å². The summed E-state index contributed by atoms with van der Waals surface area (Å²) in [5, 5.41) is 3.62. The number of thiophene rings is 1. The van der Waals surface area contributed by atoms with Crippen molar-refractivity contribution < 1.29 is 4.42 Å². The minimum atomic E-state index is 0.832. The van der Waals surface area contributed by atoms with Gasteiger partial charge in [0, 0.05) is 36.7 Å². The number of para-hydroxylation sites is 3. The summed E-state index contributed by atoms with van der Waals surface area (Å²) in [5.41, 5.74) is 11.7. The number of furan rings is 1. The molecule has 49 heavy (non-hydrogen) atoms. The first-order valence-electron chi connectivity index (χ1n) is 16.5. The third kappa shape index (κ3) is 4.53. The summed E-state index contributed by atoms with van der Waals surface area (Å²) in [6.45, 7) is 0. The van der Waals surface area contributed by atoms with Crippen molar-refractivity contribution >= 4 is 53.5 Å². The highest BCUT2D eigenvalue weighted by Gasteiger charge is 2.23. The monoisotopic (exact) mass is 644 g/mol. The van der Waals surface area contributed by atoms with Gasteiger partial charge in [0.1, 0.15) is 17.7 Å². The van der Waals surface area contributed by atoms with E-state index >= 15 is 0 Å². The molecule has 3 heterocycles. The molecule has 230 valence electrons. The van der Waals surface area contributed by atoms with E-state index in [-0.39, 0.29) is 0 Å². The molecule has 4 heteroatoms. The smallest absolute Gasteiger partial charge is 0.149 e. The fraction of sp³-hybridized carbons (Fsp3) is 0. The fourth-order valence-electron chi connectivity index (χ4n) is 7.21. The quantitative estimate of drug-likeness (QED) is 0.187. The lowest BCUT2D eigenvalue weighted by Crippen LogP contribution is -2.03. The van der Waals surface area contributed by atoms with Crippen molar-refractivity contribution in [3.63, 3.8) is 0 Å². The van der Waals surface area contributed by atoms with E-state index in [1.165, 1.54) is 25.7 Å². The average Bonchev–Trinajstić information content (AvgIpc) is 3.88. The Hall–Kier alpha value is -6.23. The summed E-state index contributed by atoms with van der Waals surface area (Å²) in [7, 11) is 0. The molecule has 0 N–H and O–H groups in total. The lowest BCUT2D eigenvalue weighted by Gasteiger charge is -2.19. The molecule has 3 aromatic heterocycles. The van der Waals surface area contributed by atoms with Crippen LogP contribution in [0.2, 0.25) is 0 Å². The van der Waals surface area contributed by atoms with E-state index < -0.39 is 0 Å². The molecule has 0 bridgehead atoms. The van der Waals surface area contributed by atoms with Crippen LogP contribution < -0.4 is 0 Å². The maximum Gasteiger partial charge on any atom is 0.149 e. The molecule has 0 fully saturated rings. The lowest BCUT2D eigenvalue weighted by molar-refractivity contribution is 0.616. The predicted molar refractivity (Wildman–Crippen MR) is 205 cm³/mol. The van der Waals surface area contributed by atoms with Gasteiger partial charge in [-0.1, -0.05) is 121 Å². The summed E-state index contributed by atoms with van der Waals surface area (Å²) in [5.74, 6) is 0.844. The van der Waals surface area contributed by atoms with Gasteiger partial charge in [0.2, 0.25) is 0 Å². The summed E-state index contributed by atoms with van der Waals surface area (Å²) in [4.78, 5) is 5.33. The first kappa shape index (κ1) is 27.8. The molecule has 0 aliphatic heterocycles. The summed E-state index contributed by atoms with van der Waals surface area (Å²) < 4.78 is 11.2. The van der Waals surface area contributed by atoms with E-state index in [4.69, 9.17) is 9.40 Å². The van der Waals surface area contributed by atoms with Crippen LogP contribution in [-0.2, 0) is 0 Å². The first-order valence-corrected chi connectivity index (χ1v) is 17.3. The maximum absolute atomic E-state index is 6.27. The third-order valence-electron chi connectivity index (χ3n) is 9.51. The molecule has 0 saturated heterocycles. The van der Waals surface area contributed by atoms with Gasteiger partial charge in [0.25, 0.3) is 0 Å². The summed E-state index contributed by atoms with van der Waals surface area (Å²) in [6.07, 6.45) is 1.87. The van der Waals surface area contributed by atoms with Crippen LogP contribution >= 0.6 is 11.3 Å². The fourth-order valence-corrected chi connectivity index (χ4v) is 8.29. The normalized spacial score (nSPS) is 11.7. The molecule has 0 aliphatic carbocycles. The largest absolute Gasteiger partial charge is 0.464 e. The Morgan fingerprint density at radius 2 is 1.10 bits per heavy atom. The molecule has 10 aromatic rings. The van der Waals surface area contributed by atoms with Gasteiger partial charge >= 0.3 is 0 Å². The van der Waals surface area contributed by atoms with Crippen LogP contribution in [0.3, 0.4) is 0 Å². The zero-order valence-corrected chi connectivity index (χ0v) is 27.2. The van der Waals surface area contributed by atoms with E-state index in [0.717, 1.165) is 66.9 Å².